The number of carbonyl (C=O) groups is 1. The zero-order valence-corrected chi connectivity index (χ0v) is 13.4. The zero-order chi connectivity index (χ0) is 17.9. The third kappa shape index (κ3) is 2.20. The summed E-state index contributed by atoms with van der Waals surface area (Å²) in [6.07, 6.45) is -5.95. The van der Waals surface area contributed by atoms with Gasteiger partial charge in [0.05, 0.1) is 24.3 Å². The van der Waals surface area contributed by atoms with Gasteiger partial charge in [-0.25, -0.2) is 0 Å². The Balaban J connectivity index is 1.91. The molecule has 136 valence electrons. The fourth-order valence-corrected chi connectivity index (χ4v) is 3.84. The van der Waals surface area contributed by atoms with Crippen LogP contribution in [0.15, 0.2) is 6.07 Å². The van der Waals surface area contributed by atoms with Crippen molar-refractivity contribution < 1.29 is 39.4 Å². The second kappa shape index (κ2) is 5.73. The smallest absolute Gasteiger partial charge is 0.255 e. The van der Waals surface area contributed by atoms with E-state index in [1.165, 1.54) is 0 Å². The van der Waals surface area contributed by atoms with Crippen molar-refractivity contribution >= 4 is 5.91 Å². The molecule has 1 aliphatic carbocycles. The van der Waals surface area contributed by atoms with Crippen molar-refractivity contribution in [3.8, 4) is 17.2 Å². The summed E-state index contributed by atoms with van der Waals surface area (Å²) in [5, 5.41) is 43.3. The molecule has 5 N–H and O–H groups in total. The predicted molar refractivity (Wildman–Crippen MR) is 81.8 cm³/mol. The van der Waals surface area contributed by atoms with E-state index in [2.05, 4.69) is 5.32 Å². The maximum Gasteiger partial charge on any atom is 0.255 e. The van der Waals surface area contributed by atoms with E-state index in [0.29, 0.717) is 17.1 Å². The molecule has 9 nitrogen and oxygen atoms in total. The first kappa shape index (κ1) is 16.4. The third-order valence-electron chi connectivity index (χ3n) is 5.00. The Morgan fingerprint density at radius 1 is 1.16 bits per heavy atom. The number of benzene rings is 1. The topological polar surface area (TPSA) is 138 Å². The van der Waals surface area contributed by atoms with Gasteiger partial charge in [0.1, 0.15) is 18.3 Å². The molecule has 1 aromatic rings. The first-order chi connectivity index (χ1) is 12.0. The minimum atomic E-state index is -1.57. The van der Waals surface area contributed by atoms with Crippen LogP contribution >= 0.6 is 0 Å². The van der Waals surface area contributed by atoms with Crippen LogP contribution < -0.4 is 19.5 Å². The highest BCUT2D eigenvalue weighted by atomic mass is 16.7. The summed E-state index contributed by atoms with van der Waals surface area (Å²) in [6.45, 7) is 2.01. The van der Waals surface area contributed by atoms with Crippen LogP contribution in [-0.4, -0.2) is 70.2 Å². The summed E-state index contributed by atoms with van der Waals surface area (Å²) in [5.41, 5.74) is 0.543. The minimum Gasteiger partial charge on any atom is -0.489 e. The SMILES string of the molecule is CCOc1c2c(cc3c1C(=O)N[C@H]1[C@H](O)[C@H](O)[C@@H](O)[C@H](O)[C@H]31)OCO2. The van der Waals surface area contributed by atoms with Crippen LogP contribution in [0.1, 0.15) is 28.8 Å². The number of carbonyl (C=O) groups excluding carboxylic acids is 1. The molecule has 0 unspecified atom stereocenters. The molecule has 2 aliphatic heterocycles. The summed E-state index contributed by atoms with van der Waals surface area (Å²) in [7, 11) is 0. The van der Waals surface area contributed by atoms with E-state index in [4.69, 9.17) is 14.2 Å². The molecule has 4 rings (SSSR count). The fourth-order valence-electron chi connectivity index (χ4n) is 3.84. The number of nitrogens with one attached hydrogen (secondary N) is 1. The second-order valence-electron chi connectivity index (χ2n) is 6.32. The number of hydrogen-bond acceptors (Lipinski definition) is 8. The normalized spacial score (nSPS) is 35.6. The molecule has 1 amide bonds. The van der Waals surface area contributed by atoms with Gasteiger partial charge in [0, 0.05) is 5.92 Å². The van der Waals surface area contributed by atoms with Gasteiger partial charge in [-0.05, 0) is 18.6 Å². The van der Waals surface area contributed by atoms with E-state index in [0.717, 1.165) is 0 Å². The Kier molecular flexibility index (Phi) is 3.76. The van der Waals surface area contributed by atoms with E-state index in [1.807, 2.05) is 0 Å². The van der Waals surface area contributed by atoms with Gasteiger partial charge in [0.15, 0.2) is 11.5 Å². The molecule has 9 heteroatoms. The molecule has 3 aliphatic rings. The van der Waals surface area contributed by atoms with Crippen molar-refractivity contribution in [1.82, 2.24) is 5.32 Å². The van der Waals surface area contributed by atoms with Gasteiger partial charge in [-0.3, -0.25) is 4.79 Å². The molecule has 25 heavy (non-hydrogen) atoms. The molecule has 1 fully saturated rings. The Bertz CT molecular complexity index is 723. The lowest BCUT2D eigenvalue weighted by Gasteiger charge is -2.47. The number of hydrogen-bond donors (Lipinski definition) is 5. The Labute approximate surface area is 142 Å². The standard InChI is InChI=1S/C16H19NO8/c1-2-23-15-8-5(3-6-14(15)25-4-24-6)7-9(17-16(8)22)11(19)13(21)12(20)10(7)18/h3,7,9-13,18-21H,2,4H2,1H3,(H,17,22)/t7-,9-,10-,11+,12+,13+/m1/s1. The number of aliphatic hydroxyl groups is 4. The van der Waals surface area contributed by atoms with Crippen molar-refractivity contribution in [2.45, 2.75) is 43.3 Å². The van der Waals surface area contributed by atoms with Crippen LogP contribution in [0.25, 0.3) is 0 Å². The van der Waals surface area contributed by atoms with Crippen molar-refractivity contribution in [1.29, 1.82) is 0 Å². The van der Waals surface area contributed by atoms with E-state index in [1.54, 1.807) is 13.0 Å². The minimum absolute atomic E-state index is 0.0272. The van der Waals surface area contributed by atoms with Gasteiger partial charge >= 0.3 is 0 Å². The van der Waals surface area contributed by atoms with Gasteiger partial charge < -0.3 is 40.0 Å². The summed E-state index contributed by atoms with van der Waals surface area (Å²) in [4.78, 5) is 12.7. The van der Waals surface area contributed by atoms with E-state index in [9.17, 15) is 25.2 Å². The van der Waals surface area contributed by atoms with Crippen LogP contribution in [-0.2, 0) is 0 Å². The summed E-state index contributed by atoms with van der Waals surface area (Å²) in [6, 6.07) is 0.597. The quantitative estimate of drug-likeness (QED) is 0.432. The fraction of sp³-hybridized carbons (Fsp3) is 0.562. The molecule has 1 saturated carbocycles. The van der Waals surface area contributed by atoms with Gasteiger partial charge in [-0.15, -0.1) is 0 Å². The third-order valence-corrected chi connectivity index (χ3v) is 5.00. The summed E-state index contributed by atoms with van der Waals surface area (Å²) in [5.74, 6) is -0.494. The van der Waals surface area contributed by atoms with Crippen LogP contribution in [0.4, 0.5) is 0 Å². The molecule has 0 bridgehead atoms. The second-order valence-corrected chi connectivity index (χ2v) is 6.32. The van der Waals surface area contributed by atoms with E-state index < -0.39 is 42.3 Å². The number of aliphatic hydroxyl groups excluding tert-OH is 4. The van der Waals surface area contributed by atoms with Crippen LogP contribution in [0.2, 0.25) is 0 Å². The lowest BCUT2D eigenvalue weighted by molar-refractivity contribution is -0.155. The van der Waals surface area contributed by atoms with Crippen molar-refractivity contribution in [3.05, 3.63) is 17.2 Å². The van der Waals surface area contributed by atoms with E-state index in [-0.39, 0.29) is 24.7 Å². The van der Waals surface area contributed by atoms with Gasteiger partial charge in [0.25, 0.3) is 5.91 Å². The Morgan fingerprint density at radius 2 is 1.88 bits per heavy atom. The average Bonchev–Trinajstić information content (AvgIpc) is 3.06. The maximum absolute atomic E-state index is 12.7. The average molecular weight is 353 g/mol. The van der Waals surface area contributed by atoms with Crippen molar-refractivity contribution in [2.75, 3.05) is 13.4 Å². The molecule has 0 radical (unpaired) electrons. The lowest BCUT2D eigenvalue weighted by Crippen LogP contribution is -2.66. The van der Waals surface area contributed by atoms with Crippen LogP contribution in [0.3, 0.4) is 0 Å². The van der Waals surface area contributed by atoms with E-state index >= 15 is 0 Å². The predicted octanol–water partition coefficient (Wildman–Crippen LogP) is -1.53. The highest BCUT2D eigenvalue weighted by Gasteiger charge is 2.53. The highest BCUT2D eigenvalue weighted by Crippen LogP contribution is 2.50. The lowest BCUT2D eigenvalue weighted by atomic mass is 9.70. The molecular weight excluding hydrogens is 334 g/mol. The highest BCUT2D eigenvalue weighted by molar-refractivity contribution is 6.01. The Morgan fingerprint density at radius 3 is 2.60 bits per heavy atom. The number of fused-ring (bicyclic) bond motifs is 4. The first-order valence-corrected chi connectivity index (χ1v) is 8.08. The number of rotatable bonds is 2. The molecule has 6 atom stereocenters. The molecule has 2 heterocycles. The van der Waals surface area contributed by atoms with Gasteiger partial charge in [0.2, 0.25) is 12.5 Å². The summed E-state index contributed by atoms with van der Waals surface area (Å²) >= 11 is 0. The molecule has 0 aromatic heterocycles. The largest absolute Gasteiger partial charge is 0.489 e. The Hall–Kier alpha value is -2.07. The molecular formula is C16H19NO8. The van der Waals surface area contributed by atoms with Crippen molar-refractivity contribution in [3.63, 3.8) is 0 Å². The number of amides is 1. The van der Waals surface area contributed by atoms with Crippen LogP contribution in [0, 0.1) is 0 Å². The summed E-state index contributed by atoms with van der Waals surface area (Å²) < 4.78 is 16.4. The van der Waals surface area contributed by atoms with Crippen molar-refractivity contribution in [2.24, 2.45) is 0 Å². The molecule has 0 spiro atoms. The number of ether oxygens (including phenoxy) is 3. The first-order valence-electron chi connectivity index (χ1n) is 8.08. The van der Waals surface area contributed by atoms with Gasteiger partial charge in [-0.1, -0.05) is 0 Å². The maximum atomic E-state index is 12.7. The monoisotopic (exact) mass is 353 g/mol. The zero-order valence-electron chi connectivity index (χ0n) is 13.4. The van der Waals surface area contributed by atoms with Crippen LogP contribution in [0.5, 0.6) is 17.2 Å². The van der Waals surface area contributed by atoms with Gasteiger partial charge in [-0.2, -0.15) is 0 Å². The molecule has 0 saturated heterocycles. The molecule has 1 aromatic carbocycles.